The summed E-state index contributed by atoms with van der Waals surface area (Å²) in [6.07, 6.45) is 2.29. The molecule has 22 heavy (non-hydrogen) atoms. The molecule has 0 fully saturated rings. The van der Waals surface area contributed by atoms with Crippen LogP contribution in [0.1, 0.15) is 35.5 Å². The third-order valence-corrected chi connectivity index (χ3v) is 3.71. The lowest BCUT2D eigenvalue weighted by molar-refractivity contribution is 0.0851. The summed E-state index contributed by atoms with van der Waals surface area (Å²) in [5.74, 6) is -0.190. The van der Waals surface area contributed by atoms with E-state index in [2.05, 4.69) is 10.4 Å². The molecule has 0 aliphatic rings. The van der Waals surface area contributed by atoms with Gasteiger partial charge in [-0.3, -0.25) is 9.48 Å². The Hall–Kier alpha value is -2.14. The SMILES string of the molecule is CCc1nn(C)cc1C(=O)NC(C)C(O)Cc1ccccc1. The van der Waals surface area contributed by atoms with Gasteiger partial charge in [0.05, 0.1) is 23.4 Å². The van der Waals surface area contributed by atoms with Crippen LogP contribution in [-0.2, 0) is 19.9 Å². The van der Waals surface area contributed by atoms with Gasteiger partial charge < -0.3 is 10.4 Å². The maximum atomic E-state index is 12.3. The van der Waals surface area contributed by atoms with Crippen molar-refractivity contribution in [3.63, 3.8) is 0 Å². The van der Waals surface area contributed by atoms with Crippen molar-refractivity contribution in [2.24, 2.45) is 7.05 Å². The van der Waals surface area contributed by atoms with Crippen molar-refractivity contribution in [2.75, 3.05) is 0 Å². The number of aliphatic hydroxyl groups is 1. The summed E-state index contributed by atoms with van der Waals surface area (Å²) in [6.45, 7) is 3.78. The maximum Gasteiger partial charge on any atom is 0.255 e. The largest absolute Gasteiger partial charge is 0.391 e. The fourth-order valence-electron chi connectivity index (χ4n) is 2.40. The molecule has 1 amide bonds. The number of nitrogens with zero attached hydrogens (tertiary/aromatic N) is 2. The van der Waals surface area contributed by atoms with Gasteiger partial charge in [-0.2, -0.15) is 5.10 Å². The molecule has 2 rings (SSSR count). The molecular formula is C17H23N3O2. The molecule has 2 unspecified atom stereocenters. The van der Waals surface area contributed by atoms with Gasteiger partial charge in [0.1, 0.15) is 0 Å². The number of aliphatic hydroxyl groups excluding tert-OH is 1. The Morgan fingerprint density at radius 3 is 2.68 bits per heavy atom. The second-order valence-corrected chi connectivity index (χ2v) is 5.54. The van der Waals surface area contributed by atoms with Gasteiger partial charge in [0.25, 0.3) is 5.91 Å². The lowest BCUT2D eigenvalue weighted by Crippen LogP contribution is -2.42. The van der Waals surface area contributed by atoms with E-state index in [4.69, 9.17) is 0 Å². The van der Waals surface area contributed by atoms with Crippen LogP contribution in [0.4, 0.5) is 0 Å². The van der Waals surface area contributed by atoms with Crippen molar-refractivity contribution < 1.29 is 9.90 Å². The minimum Gasteiger partial charge on any atom is -0.391 e. The molecule has 0 spiro atoms. The number of hydrogen-bond donors (Lipinski definition) is 2. The molecule has 118 valence electrons. The monoisotopic (exact) mass is 301 g/mol. The molecule has 0 aliphatic heterocycles. The zero-order chi connectivity index (χ0) is 16.1. The van der Waals surface area contributed by atoms with E-state index in [-0.39, 0.29) is 11.9 Å². The zero-order valence-corrected chi connectivity index (χ0v) is 13.3. The number of aromatic nitrogens is 2. The standard InChI is InChI=1S/C17H23N3O2/c1-4-15-14(11-20(3)19-15)17(22)18-12(2)16(21)10-13-8-6-5-7-9-13/h5-9,11-12,16,21H,4,10H2,1-3H3,(H,18,22). The van der Waals surface area contributed by atoms with Crippen LogP contribution in [0.5, 0.6) is 0 Å². The predicted molar refractivity (Wildman–Crippen MR) is 85.7 cm³/mol. The highest BCUT2D eigenvalue weighted by molar-refractivity contribution is 5.95. The van der Waals surface area contributed by atoms with Crippen molar-refractivity contribution in [3.05, 3.63) is 53.3 Å². The average Bonchev–Trinajstić information content (AvgIpc) is 2.89. The quantitative estimate of drug-likeness (QED) is 0.853. The van der Waals surface area contributed by atoms with Crippen LogP contribution in [0, 0.1) is 0 Å². The first kappa shape index (κ1) is 16.2. The molecule has 0 aliphatic carbocycles. The molecule has 2 aromatic rings. The molecule has 1 aromatic heterocycles. The minimum atomic E-state index is -0.631. The first-order valence-electron chi connectivity index (χ1n) is 7.56. The summed E-state index contributed by atoms with van der Waals surface area (Å²) >= 11 is 0. The highest BCUT2D eigenvalue weighted by Crippen LogP contribution is 2.10. The van der Waals surface area contributed by atoms with Gasteiger partial charge in [0, 0.05) is 19.7 Å². The molecule has 1 aromatic carbocycles. The molecule has 5 heteroatoms. The van der Waals surface area contributed by atoms with E-state index in [0.717, 1.165) is 11.3 Å². The highest BCUT2D eigenvalue weighted by atomic mass is 16.3. The Morgan fingerprint density at radius 1 is 1.36 bits per heavy atom. The fourth-order valence-corrected chi connectivity index (χ4v) is 2.40. The van der Waals surface area contributed by atoms with Crippen LogP contribution in [0.2, 0.25) is 0 Å². The van der Waals surface area contributed by atoms with Crippen LogP contribution >= 0.6 is 0 Å². The second-order valence-electron chi connectivity index (χ2n) is 5.54. The summed E-state index contributed by atoms with van der Waals surface area (Å²) in [5.41, 5.74) is 2.39. The molecule has 0 saturated carbocycles. The van der Waals surface area contributed by atoms with E-state index in [1.165, 1.54) is 0 Å². The fraction of sp³-hybridized carbons (Fsp3) is 0.412. The molecule has 2 atom stereocenters. The van der Waals surface area contributed by atoms with E-state index in [1.54, 1.807) is 17.9 Å². The van der Waals surface area contributed by atoms with Gasteiger partial charge >= 0.3 is 0 Å². The Kier molecular flexibility index (Phi) is 5.33. The van der Waals surface area contributed by atoms with Crippen LogP contribution < -0.4 is 5.32 Å². The molecule has 0 bridgehead atoms. The van der Waals surface area contributed by atoms with E-state index in [9.17, 15) is 9.90 Å². The van der Waals surface area contributed by atoms with Gasteiger partial charge in [-0.05, 0) is 18.9 Å². The van der Waals surface area contributed by atoms with E-state index >= 15 is 0 Å². The molecule has 5 nitrogen and oxygen atoms in total. The van der Waals surface area contributed by atoms with Crippen LogP contribution in [0.15, 0.2) is 36.5 Å². The van der Waals surface area contributed by atoms with Crippen molar-refractivity contribution in [1.29, 1.82) is 0 Å². The van der Waals surface area contributed by atoms with Gasteiger partial charge in [0.2, 0.25) is 0 Å². The Labute approximate surface area is 131 Å². The van der Waals surface area contributed by atoms with Crippen molar-refractivity contribution >= 4 is 5.91 Å². The number of aryl methyl sites for hydroxylation is 2. The summed E-state index contributed by atoms with van der Waals surface area (Å²) in [6, 6.07) is 9.42. The Balaban J connectivity index is 1.98. The number of hydrogen-bond acceptors (Lipinski definition) is 3. The minimum absolute atomic E-state index is 0.190. The third kappa shape index (κ3) is 3.95. The lowest BCUT2D eigenvalue weighted by atomic mass is 10.0. The Morgan fingerprint density at radius 2 is 2.05 bits per heavy atom. The maximum absolute atomic E-state index is 12.3. The van der Waals surface area contributed by atoms with Crippen molar-refractivity contribution in [3.8, 4) is 0 Å². The average molecular weight is 301 g/mol. The number of nitrogens with one attached hydrogen (secondary N) is 1. The van der Waals surface area contributed by atoms with E-state index < -0.39 is 6.10 Å². The van der Waals surface area contributed by atoms with Crippen molar-refractivity contribution in [1.82, 2.24) is 15.1 Å². The second kappa shape index (κ2) is 7.22. The normalized spacial score (nSPS) is 13.6. The summed E-state index contributed by atoms with van der Waals surface area (Å²) in [7, 11) is 1.80. The van der Waals surface area contributed by atoms with Crippen LogP contribution in [0.3, 0.4) is 0 Å². The third-order valence-electron chi connectivity index (χ3n) is 3.71. The van der Waals surface area contributed by atoms with Crippen LogP contribution in [-0.4, -0.2) is 32.9 Å². The molecular weight excluding hydrogens is 278 g/mol. The first-order chi connectivity index (χ1) is 10.5. The lowest BCUT2D eigenvalue weighted by Gasteiger charge is -2.20. The first-order valence-corrected chi connectivity index (χ1v) is 7.56. The topological polar surface area (TPSA) is 67.2 Å². The number of amides is 1. The van der Waals surface area contributed by atoms with Crippen LogP contribution in [0.25, 0.3) is 0 Å². The van der Waals surface area contributed by atoms with Crippen molar-refractivity contribution in [2.45, 2.75) is 38.8 Å². The summed E-state index contributed by atoms with van der Waals surface area (Å²) in [4.78, 5) is 12.3. The number of carbonyl (C=O) groups is 1. The number of carbonyl (C=O) groups excluding carboxylic acids is 1. The molecule has 0 saturated heterocycles. The zero-order valence-electron chi connectivity index (χ0n) is 13.3. The van der Waals surface area contributed by atoms with Gasteiger partial charge in [-0.1, -0.05) is 37.3 Å². The highest BCUT2D eigenvalue weighted by Gasteiger charge is 2.20. The number of rotatable bonds is 6. The van der Waals surface area contributed by atoms with E-state index in [0.29, 0.717) is 18.4 Å². The molecule has 1 heterocycles. The smallest absolute Gasteiger partial charge is 0.255 e. The number of benzene rings is 1. The van der Waals surface area contributed by atoms with Gasteiger partial charge in [0.15, 0.2) is 0 Å². The Bertz CT molecular complexity index is 622. The molecule has 2 N–H and O–H groups in total. The van der Waals surface area contributed by atoms with Gasteiger partial charge in [-0.15, -0.1) is 0 Å². The molecule has 0 radical (unpaired) electrons. The van der Waals surface area contributed by atoms with E-state index in [1.807, 2.05) is 44.2 Å². The summed E-state index contributed by atoms with van der Waals surface area (Å²) < 4.78 is 1.64. The predicted octanol–water partition coefficient (Wildman–Crippen LogP) is 1.70. The van der Waals surface area contributed by atoms with Gasteiger partial charge in [-0.25, -0.2) is 0 Å². The summed E-state index contributed by atoms with van der Waals surface area (Å²) in [5, 5.41) is 17.4.